The van der Waals surface area contributed by atoms with Crippen LogP contribution in [0.3, 0.4) is 0 Å². The largest absolute Gasteiger partial charge is 0.491 e. The molecule has 134 valence electrons. The molecule has 0 bridgehead atoms. The van der Waals surface area contributed by atoms with Crippen LogP contribution in [0.2, 0.25) is 5.02 Å². The number of primary sulfonamides is 1. The average molecular weight is 383 g/mol. The molecule has 0 aliphatic heterocycles. The van der Waals surface area contributed by atoms with E-state index < -0.39 is 10.0 Å². The van der Waals surface area contributed by atoms with Crippen LogP contribution in [0, 0.1) is 13.8 Å². The van der Waals surface area contributed by atoms with Crippen molar-refractivity contribution in [2.45, 2.75) is 18.7 Å². The molecule has 0 saturated heterocycles. The Morgan fingerprint density at radius 2 is 1.80 bits per heavy atom. The van der Waals surface area contributed by atoms with E-state index in [0.717, 1.165) is 0 Å². The second-order valence-electron chi connectivity index (χ2n) is 5.54. The molecule has 0 fully saturated rings. The van der Waals surface area contributed by atoms with Gasteiger partial charge in [0.1, 0.15) is 12.4 Å². The van der Waals surface area contributed by atoms with Crippen molar-refractivity contribution in [2.24, 2.45) is 5.14 Å². The first-order chi connectivity index (χ1) is 11.7. The van der Waals surface area contributed by atoms with Gasteiger partial charge in [-0.3, -0.25) is 4.79 Å². The zero-order valence-electron chi connectivity index (χ0n) is 13.9. The minimum Gasteiger partial charge on any atom is -0.491 e. The number of rotatable bonds is 6. The van der Waals surface area contributed by atoms with Crippen molar-refractivity contribution in [3.8, 4) is 5.75 Å². The van der Waals surface area contributed by atoms with Crippen molar-refractivity contribution in [3.05, 3.63) is 58.1 Å². The number of carbonyl (C=O) groups is 1. The zero-order chi connectivity index (χ0) is 18.6. The molecule has 0 aliphatic rings. The maximum Gasteiger partial charge on any atom is 0.251 e. The number of nitrogens with two attached hydrogens (primary N) is 1. The molecular weight excluding hydrogens is 364 g/mol. The third kappa shape index (κ3) is 5.19. The molecule has 0 radical (unpaired) electrons. The lowest BCUT2D eigenvalue weighted by molar-refractivity contribution is 0.0947. The lowest BCUT2D eigenvalue weighted by Gasteiger charge is -2.13. The molecule has 8 heteroatoms. The summed E-state index contributed by atoms with van der Waals surface area (Å²) in [5.74, 6) is 0.323. The summed E-state index contributed by atoms with van der Waals surface area (Å²) in [6, 6.07) is 9.66. The normalized spacial score (nSPS) is 11.2. The van der Waals surface area contributed by atoms with E-state index in [2.05, 4.69) is 5.32 Å². The summed E-state index contributed by atoms with van der Waals surface area (Å²) >= 11 is 5.78. The first-order valence-electron chi connectivity index (χ1n) is 7.49. The topological polar surface area (TPSA) is 98.5 Å². The highest BCUT2D eigenvalue weighted by molar-refractivity contribution is 7.89. The molecule has 2 aromatic rings. The molecule has 0 aromatic heterocycles. The van der Waals surface area contributed by atoms with E-state index in [1.165, 1.54) is 6.07 Å². The van der Waals surface area contributed by atoms with E-state index in [1.54, 1.807) is 44.2 Å². The van der Waals surface area contributed by atoms with Gasteiger partial charge in [0.15, 0.2) is 0 Å². The van der Waals surface area contributed by atoms with Crippen molar-refractivity contribution in [3.63, 3.8) is 0 Å². The fourth-order valence-corrected chi connectivity index (χ4v) is 3.23. The number of halogens is 1. The first kappa shape index (κ1) is 19.2. The molecule has 0 saturated carbocycles. The van der Waals surface area contributed by atoms with E-state index in [-0.39, 0.29) is 17.4 Å². The maximum absolute atomic E-state index is 12.0. The summed E-state index contributed by atoms with van der Waals surface area (Å²) < 4.78 is 28.6. The van der Waals surface area contributed by atoms with E-state index in [1.807, 2.05) is 0 Å². The lowest BCUT2D eigenvalue weighted by atomic mass is 10.1. The molecule has 6 nitrogen and oxygen atoms in total. The van der Waals surface area contributed by atoms with Crippen LogP contribution in [0.4, 0.5) is 0 Å². The molecule has 25 heavy (non-hydrogen) atoms. The van der Waals surface area contributed by atoms with Crippen molar-refractivity contribution >= 4 is 27.5 Å². The van der Waals surface area contributed by atoms with Gasteiger partial charge in [-0.25, -0.2) is 13.6 Å². The van der Waals surface area contributed by atoms with Gasteiger partial charge in [0.25, 0.3) is 5.91 Å². The van der Waals surface area contributed by atoms with Crippen LogP contribution in [0.15, 0.2) is 41.3 Å². The summed E-state index contributed by atoms with van der Waals surface area (Å²) in [4.78, 5) is 12.0. The number of hydrogen-bond acceptors (Lipinski definition) is 4. The van der Waals surface area contributed by atoms with E-state index in [0.29, 0.717) is 34.0 Å². The van der Waals surface area contributed by atoms with Crippen molar-refractivity contribution in [2.75, 3.05) is 13.2 Å². The SMILES string of the molecule is Cc1cc(S(N)(=O)=O)c(C)cc1OCCNC(=O)c1ccc(Cl)cc1. The predicted molar refractivity (Wildman–Crippen MR) is 96.6 cm³/mol. The van der Waals surface area contributed by atoms with Gasteiger partial charge in [0.2, 0.25) is 10.0 Å². The summed E-state index contributed by atoms with van der Waals surface area (Å²) in [7, 11) is -3.76. The smallest absolute Gasteiger partial charge is 0.251 e. The first-order valence-corrected chi connectivity index (χ1v) is 9.41. The Kier molecular flexibility index (Phi) is 6.05. The van der Waals surface area contributed by atoms with Gasteiger partial charge in [-0.15, -0.1) is 0 Å². The molecule has 2 rings (SSSR count). The minimum absolute atomic E-state index is 0.0772. The minimum atomic E-state index is -3.76. The molecule has 0 heterocycles. The highest BCUT2D eigenvalue weighted by atomic mass is 35.5. The van der Waals surface area contributed by atoms with Gasteiger partial charge in [-0.2, -0.15) is 0 Å². The summed E-state index contributed by atoms with van der Waals surface area (Å²) in [5.41, 5.74) is 1.67. The Labute approximate surface area is 152 Å². The van der Waals surface area contributed by atoms with Crippen molar-refractivity contribution in [1.29, 1.82) is 0 Å². The van der Waals surface area contributed by atoms with Crippen LogP contribution < -0.4 is 15.2 Å². The van der Waals surface area contributed by atoms with Crippen molar-refractivity contribution in [1.82, 2.24) is 5.32 Å². The highest BCUT2D eigenvalue weighted by Gasteiger charge is 2.14. The number of benzene rings is 2. The second-order valence-corrected chi connectivity index (χ2v) is 7.51. The summed E-state index contributed by atoms with van der Waals surface area (Å²) in [6.07, 6.45) is 0. The molecular formula is C17H19ClN2O4S. The predicted octanol–water partition coefficient (Wildman–Crippen LogP) is 2.41. The number of sulfonamides is 1. The zero-order valence-corrected chi connectivity index (χ0v) is 15.4. The van der Waals surface area contributed by atoms with Gasteiger partial charge in [-0.05, 0) is 61.4 Å². The quantitative estimate of drug-likeness (QED) is 0.749. The number of carbonyl (C=O) groups excluding carboxylic acids is 1. The third-order valence-electron chi connectivity index (χ3n) is 3.53. The number of ether oxygens (including phenoxy) is 1. The molecule has 0 unspecified atom stereocenters. The van der Waals surface area contributed by atoms with Gasteiger partial charge in [0, 0.05) is 10.6 Å². The summed E-state index contributed by atoms with van der Waals surface area (Å²) in [5, 5.41) is 8.47. The van der Waals surface area contributed by atoms with E-state index >= 15 is 0 Å². The molecule has 0 aliphatic carbocycles. The molecule has 2 aromatic carbocycles. The number of aryl methyl sites for hydroxylation is 2. The van der Waals surface area contributed by atoms with Gasteiger partial charge in [-0.1, -0.05) is 11.6 Å². The Morgan fingerprint density at radius 1 is 1.16 bits per heavy atom. The number of hydrogen-bond donors (Lipinski definition) is 2. The molecule has 0 atom stereocenters. The summed E-state index contributed by atoms with van der Waals surface area (Å²) in [6.45, 7) is 3.93. The van der Waals surface area contributed by atoms with Gasteiger partial charge < -0.3 is 10.1 Å². The van der Waals surface area contributed by atoms with Crippen LogP contribution in [0.25, 0.3) is 0 Å². The number of nitrogens with one attached hydrogen (secondary N) is 1. The second kappa shape index (κ2) is 7.86. The molecule has 3 N–H and O–H groups in total. The van der Waals surface area contributed by atoms with Gasteiger partial charge in [0.05, 0.1) is 11.4 Å². The average Bonchev–Trinajstić information content (AvgIpc) is 2.53. The maximum atomic E-state index is 12.0. The van der Waals surface area contributed by atoms with Gasteiger partial charge >= 0.3 is 0 Å². The van der Waals surface area contributed by atoms with E-state index in [9.17, 15) is 13.2 Å². The Hall–Kier alpha value is -2.09. The standard InChI is InChI=1S/C17H19ClN2O4S/c1-11-10-16(25(19,22)23)12(2)9-15(11)24-8-7-20-17(21)13-3-5-14(18)6-4-13/h3-6,9-10H,7-8H2,1-2H3,(H,20,21)(H2,19,22,23). The Bertz CT molecular complexity index is 880. The Morgan fingerprint density at radius 3 is 2.40 bits per heavy atom. The van der Waals surface area contributed by atoms with Crippen LogP contribution >= 0.6 is 11.6 Å². The highest BCUT2D eigenvalue weighted by Crippen LogP contribution is 2.25. The van der Waals surface area contributed by atoms with Crippen LogP contribution in [-0.2, 0) is 10.0 Å². The fourth-order valence-electron chi connectivity index (χ4n) is 2.25. The van der Waals surface area contributed by atoms with E-state index in [4.69, 9.17) is 21.5 Å². The fraction of sp³-hybridized carbons (Fsp3) is 0.235. The van der Waals surface area contributed by atoms with Crippen LogP contribution in [0.1, 0.15) is 21.5 Å². The van der Waals surface area contributed by atoms with Crippen molar-refractivity contribution < 1.29 is 17.9 Å². The Balaban J connectivity index is 1.93. The lowest BCUT2D eigenvalue weighted by Crippen LogP contribution is -2.28. The third-order valence-corrected chi connectivity index (χ3v) is 4.84. The molecule has 0 spiro atoms. The molecule has 1 amide bonds. The van der Waals surface area contributed by atoms with Crippen LogP contribution in [-0.4, -0.2) is 27.5 Å². The number of amides is 1. The van der Waals surface area contributed by atoms with Crippen LogP contribution in [0.5, 0.6) is 5.75 Å². The monoisotopic (exact) mass is 382 g/mol.